The number of alkyl halides is 3. The standard InChI is InChI=1S/C15H17F3N2OS/c1-10(11-2-4-13(21)5-3-11)8-19-7-6-12-9-22-14(20-12)15(16,17)18/h2-5,9-10,19,21H,6-8H2,1H3. The lowest BCUT2D eigenvalue weighted by Gasteiger charge is -2.12. The number of aromatic hydroxyl groups is 1. The summed E-state index contributed by atoms with van der Waals surface area (Å²) < 4.78 is 37.3. The summed E-state index contributed by atoms with van der Waals surface area (Å²) in [5.74, 6) is 0.481. The van der Waals surface area contributed by atoms with E-state index in [-0.39, 0.29) is 11.7 Å². The number of benzene rings is 1. The molecule has 0 fully saturated rings. The third kappa shape index (κ3) is 4.71. The molecular weight excluding hydrogens is 313 g/mol. The number of phenols is 1. The van der Waals surface area contributed by atoms with E-state index in [2.05, 4.69) is 10.3 Å². The molecule has 1 heterocycles. The van der Waals surface area contributed by atoms with Crippen LogP contribution in [0.3, 0.4) is 0 Å². The Labute approximate surface area is 130 Å². The fourth-order valence-electron chi connectivity index (χ4n) is 2.01. The summed E-state index contributed by atoms with van der Waals surface area (Å²) in [6, 6.07) is 7.00. The van der Waals surface area contributed by atoms with Gasteiger partial charge in [0.05, 0.1) is 5.69 Å². The van der Waals surface area contributed by atoms with E-state index in [1.54, 1.807) is 12.1 Å². The van der Waals surface area contributed by atoms with Gasteiger partial charge in [-0.25, -0.2) is 4.98 Å². The second-order valence-corrected chi connectivity index (χ2v) is 5.95. The van der Waals surface area contributed by atoms with Crippen LogP contribution in [0.4, 0.5) is 13.2 Å². The summed E-state index contributed by atoms with van der Waals surface area (Å²) in [7, 11) is 0. The Balaban J connectivity index is 1.75. The minimum absolute atomic E-state index is 0.230. The van der Waals surface area contributed by atoms with Gasteiger partial charge in [-0.1, -0.05) is 19.1 Å². The van der Waals surface area contributed by atoms with Crippen LogP contribution in [-0.4, -0.2) is 23.2 Å². The highest BCUT2D eigenvalue weighted by atomic mass is 32.1. The van der Waals surface area contributed by atoms with E-state index in [4.69, 9.17) is 0 Å². The second-order valence-electron chi connectivity index (χ2n) is 5.09. The zero-order valence-electron chi connectivity index (χ0n) is 12.0. The zero-order chi connectivity index (χ0) is 16.2. The number of hydrogen-bond donors (Lipinski definition) is 2. The van der Waals surface area contributed by atoms with E-state index in [1.165, 1.54) is 5.38 Å². The van der Waals surface area contributed by atoms with Gasteiger partial charge in [0.1, 0.15) is 5.75 Å². The molecule has 0 radical (unpaired) electrons. The van der Waals surface area contributed by atoms with Crippen LogP contribution in [0.1, 0.15) is 29.1 Å². The molecule has 0 bridgehead atoms. The summed E-state index contributed by atoms with van der Waals surface area (Å²) in [5, 5.41) is 13.1. The third-order valence-electron chi connectivity index (χ3n) is 3.26. The molecule has 2 N–H and O–H groups in total. The van der Waals surface area contributed by atoms with Crippen molar-refractivity contribution in [1.29, 1.82) is 0 Å². The molecule has 0 aliphatic carbocycles. The van der Waals surface area contributed by atoms with E-state index in [0.29, 0.717) is 36.5 Å². The van der Waals surface area contributed by atoms with Crippen LogP contribution in [0.25, 0.3) is 0 Å². The number of thiazole rings is 1. The van der Waals surface area contributed by atoms with E-state index in [9.17, 15) is 18.3 Å². The van der Waals surface area contributed by atoms with Crippen molar-refractivity contribution in [2.24, 2.45) is 0 Å². The first-order chi connectivity index (χ1) is 10.4. The molecule has 22 heavy (non-hydrogen) atoms. The number of halogens is 3. The summed E-state index contributed by atoms with van der Waals surface area (Å²) in [4.78, 5) is 3.59. The van der Waals surface area contributed by atoms with E-state index < -0.39 is 11.2 Å². The molecule has 0 amide bonds. The summed E-state index contributed by atoms with van der Waals surface area (Å²) in [5.41, 5.74) is 1.56. The Morgan fingerprint density at radius 2 is 1.95 bits per heavy atom. The summed E-state index contributed by atoms with van der Waals surface area (Å²) in [6.07, 6.45) is -3.89. The highest BCUT2D eigenvalue weighted by Crippen LogP contribution is 2.31. The Morgan fingerprint density at radius 1 is 1.27 bits per heavy atom. The number of aromatic nitrogens is 1. The lowest BCUT2D eigenvalue weighted by Crippen LogP contribution is -2.22. The van der Waals surface area contributed by atoms with Crippen molar-refractivity contribution in [3.05, 3.63) is 45.9 Å². The Bertz CT molecular complexity index is 596. The van der Waals surface area contributed by atoms with Gasteiger partial charge in [-0.3, -0.25) is 0 Å². The van der Waals surface area contributed by atoms with E-state index in [1.807, 2.05) is 19.1 Å². The molecule has 2 aromatic rings. The molecule has 0 spiro atoms. The normalized spacial score (nSPS) is 13.3. The molecule has 1 aromatic heterocycles. The Morgan fingerprint density at radius 3 is 2.55 bits per heavy atom. The van der Waals surface area contributed by atoms with Crippen molar-refractivity contribution in [3.63, 3.8) is 0 Å². The summed E-state index contributed by atoms with van der Waals surface area (Å²) >= 11 is 0.631. The van der Waals surface area contributed by atoms with Gasteiger partial charge < -0.3 is 10.4 Å². The quantitative estimate of drug-likeness (QED) is 0.792. The fourth-order valence-corrected chi connectivity index (χ4v) is 2.73. The second kappa shape index (κ2) is 7.11. The predicted octanol–water partition coefficient (Wildman–Crippen LogP) is 3.80. The molecule has 1 atom stereocenters. The van der Waals surface area contributed by atoms with Crippen LogP contribution in [0.15, 0.2) is 29.6 Å². The van der Waals surface area contributed by atoms with Crippen molar-refractivity contribution in [2.75, 3.05) is 13.1 Å². The molecule has 0 saturated heterocycles. The molecule has 3 nitrogen and oxygen atoms in total. The molecule has 0 aliphatic rings. The summed E-state index contributed by atoms with van der Waals surface area (Å²) in [6.45, 7) is 3.33. The largest absolute Gasteiger partial charge is 0.508 e. The molecule has 2 rings (SSSR count). The van der Waals surface area contributed by atoms with E-state index >= 15 is 0 Å². The number of nitrogens with zero attached hydrogens (tertiary/aromatic N) is 1. The average Bonchev–Trinajstić information content (AvgIpc) is 2.93. The van der Waals surface area contributed by atoms with Gasteiger partial charge >= 0.3 is 6.18 Å². The smallest absolute Gasteiger partial charge is 0.443 e. The van der Waals surface area contributed by atoms with Crippen molar-refractivity contribution in [1.82, 2.24) is 10.3 Å². The van der Waals surface area contributed by atoms with Crippen molar-refractivity contribution in [3.8, 4) is 5.75 Å². The first kappa shape index (κ1) is 16.8. The monoisotopic (exact) mass is 330 g/mol. The van der Waals surface area contributed by atoms with Gasteiger partial charge in [-0.2, -0.15) is 13.2 Å². The lowest BCUT2D eigenvalue weighted by molar-refractivity contribution is -0.137. The van der Waals surface area contributed by atoms with Crippen LogP contribution in [0.2, 0.25) is 0 Å². The average molecular weight is 330 g/mol. The molecule has 1 aromatic carbocycles. The SMILES string of the molecule is CC(CNCCc1csc(C(F)(F)F)n1)c1ccc(O)cc1. The minimum atomic E-state index is -4.36. The number of hydrogen-bond acceptors (Lipinski definition) is 4. The molecule has 120 valence electrons. The maximum atomic E-state index is 12.4. The topological polar surface area (TPSA) is 45.2 Å². The number of rotatable bonds is 6. The molecule has 0 aliphatic heterocycles. The number of nitrogens with one attached hydrogen (secondary N) is 1. The highest BCUT2D eigenvalue weighted by molar-refractivity contribution is 7.09. The van der Waals surface area contributed by atoms with Gasteiger partial charge in [0.25, 0.3) is 0 Å². The highest BCUT2D eigenvalue weighted by Gasteiger charge is 2.34. The minimum Gasteiger partial charge on any atom is -0.508 e. The fraction of sp³-hybridized carbons (Fsp3) is 0.400. The van der Waals surface area contributed by atoms with Gasteiger partial charge in [0.2, 0.25) is 0 Å². The first-order valence-electron chi connectivity index (χ1n) is 6.87. The first-order valence-corrected chi connectivity index (χ1v) is 7.75. The predicted molar refractivity (Wildman–Crippen MR) is 80.2 cm³/mol. The Hall–Kier alpha value is -1.60. The zero-order valence-corrected chi connectivity index (χ0v) is 12.8. The van der Waals surface area contributed by atoms with Crippen LogP contribution >= 0.6 is 11.3 Å². The van der Waals surface area contributed by atoms with Crippen LogP contribution in [0, 0.1) is 0 Å². The van der Waals surface area contributed by atoms with Gasteiger partial charge in [0.15, 0.2) is 5.01 Å². The number of phenolic OH excluding ortho intramolecular Hbond substituents is 1. The van der Waals surface area contributed by atoms with Crippen LogP contribution in [-0.2, 0) is 12.6 Å². The molecule has 1 unspecified atom stereocenters. The molecule has 7 heteroatoms. The maximum absolute atomic E-state index is 12.4. The molecule has 0 saturated carbocycles. The van der Waals surface area contributed by atoms with Gasteiger partial charge in [0, 0.05) is 24.9 Å². The van der Waals surface area contributed by atoms with Gasteiger partial charge in [-0.15, -0.1) is 11.3 Å². The van der Waals surface area contributed by atoms with E-state index in [0.717, 1.165) is 5.56 Å². The van der Waals surface area contributed by atoms with Gasteiger partial charge in [-0.05, 0) is 23.6 Å². The maximum Gasteiger partial charge on any atom is 0.443 e. The van der Waals surface area contributed by atoms with Crippen molar-refractivity contribution in [2.45, 2.75) is 25.4 Å². The van der Waals surface area contributed by atoms with Crippen LogP contribution < -0.4 is 5.32 Å². The van der Waals surface area contributed by atoms with Crippen LogP contribution in [0.5, 0.6) is 5.75 Å². The molecular formula is C15H17F3N2OS. The lowest BCUT2D eigenvalue weighted by atomic mass is 10.0. The Kier molecular flexibility index (Phi) is 5.42. The van der Waals surface area contributed by atoms with Crippen molar-refractivity contribution >= 4 is 11.3 Å². The third-order valence-corrected chi connectivity index (χ3v) is 4.20. The van der Waals surface area contributed by atoms with Crippen molar-refractivity contribution < 1.29 is 18.3 Å².